The molecule has 0 bridgehead atoms. The number of fused-ring (bicyclic) bond motifs is 1. The van der Waals surface area contributed by atoms with Crippen molar-refractivity contribution in [1.82, 2.24) is 9.29 Å². The molecule has 0 saturated carbocycles. The molecule has 0 unspecified atom stereocenters. The number of carbonyl (C=O) groups excluding carboxylic acids is 1. The van der Waals surface area contributed by atoms with Crippen LogP contribution >= 0.6 is 11.6 Å². The highest BCUT2D eigenvalue weighted by Crippen LogP contribution is 2.28. The minimum atomic E-state index is -3.66. The van der Waals surface area contributed by atoms with Crippen LogP contribution < -0.4 is 9.46 Å². The normalized spacial score (nSPS) is 11.6. The number of nitrogens with one attached hydrogen (secondary N) is 1. The standard InChI is InChI=1S/C22H25ClN2O4S/c1-14-12-16(13-15(2)20(14)23)29-11-7-9-18-17-8-5-6-10-19(17)25(3)21(18)22(26)24-30(4,27)28/h5-6,8,10,12-13H,7,9,11H2,1-4H3,(H,24,26). The van der Waals surface area contributed by atoms with Crippen molar-refractivity contribution >= 4 is 38.4 Å². The van der Waals surface area contributed by atoms with E-state index < -0.39 is 15.9 Å². The molecule has 1 aromatic heterocycles. The second kappa shape index (κ2) is 8.70. The van der Waals surface area contributed by atoms with Crippen LogP contribution in [0.15, 0.2) is 36.4 Å². The Morgan fingerprint density at radius 2 is 1.80 bits per heavy atom. The van der Waals surface area contributed by atoms with E-state index in [0.717, 1.165) is 44.6 Å². The monoisotopic (exact) mass is 448 g/mol. The first-order chi connectivity index (χ1) is 14.1. The number of aromatic nitrogens is 1. The van der Waals surface area contributed by atoms with Gasteiger partial charge in [-0.3, -0.25) is 4.79 Å². The lowest BCUT2D eigenvalue weighted by Crippen LogP contribution is -2.31. The Morgan fingerprint density at radius 1 is 1.17 bits per heavy atom. The number of hydrogen-bond donors (Lipinski definition) is 1. The number of ether oxygens (including phenoxy) is 1. The summed E-state index contributed by atoms with van der Waals surface area (Å²) in [5.74, 6) is 0.124. The van der Waals surface area contributed by atoms with Crippen molar-refractivity contribution in [3.8, 4) is 5.75 Å². The van der Waals surface area contributed by atoms with Crippen LogP contribution in [0.25, 0.3) is 10.9 Å². The zero-order valence-electron chi connectivity index (χ0n) is 17.5. The number of halogens is 1. The van der Waals surface area contributed by atoms with E-state index in [1.165, 1.54) is 0 Å². The van der Waals surface area contributed by atoms with Crippen LogP contribution in [0.1, 0.15) is 33.6 Å². The third-order valence-corrected chi connectivity index (χ3v) is 6.11. The van der Waals surface area contributed by atoms with E-state index in [1.54, 1.807) is 11.6 Å². The molecule has 0 aliphatic heterocycles. The number of aryl methyl sites for hydroxylation is 4. The van der Waals surface area contributed by atoms with Gasteiger partial charge in [-0.15, -0.1) is 0 Å². The maximum atomic E-state index is 12.7. The highest BCUT2D eigenvalue weighted by atomic mass is 35.5. The summed E-state index contributed by atoms with van der Waals surface area (Å²) < 4.78 is 32.9. The van der Waals surface area contributed by atoms with Crippen molar-refractivity contribution in [3.63, 3.8) is 0 Å². The Hall–Kier alpha value is -2.51. The molecular weight excluding hydrogens is 424 g/mol. The Labute approximate surface area is 181 Å². The topological polar surface area (TPSA) is 77.4 Å². The molecule has 2 aromatic carbocycles. The first-order valence-electron chi connectivity index (χ1n) is 9.56. The minimum absolute atomic E-state index is 0.347. The predicted molar refractivity (Wildman–Crippen MR) is 120 cm³/mol. The predicted octanol–water partition coefficient (Wildman–Crippen LogP) is 4.15. The van der Waals surface area contributed by atoms with E-state index in [-0.39, 0.29) is 0 Å². The zero-order valence-corrected chi connectivity index (χ0v) is 19.0. The first kappa shape index (κ1) is 22.2. The lowest BCUT2D eigenvalue weighted by atomic mass is 10.1. The van der Waals surface area contributed by atoms with Crippen LogP contribution in [-0.4, -0.2) is 31.8 Å². The highest BCUT2D eigenvalue weighted by Gasteiger charge is 2.22. The van der Waals surface area contributed by atoms with Crippen molar-refractivity contribution in [3.05, 3.63) is 63.8 Å². The number of amides is 1. The maximum absolute atomic E-state index is 12.7. The van der Waals surface area contributed by atoms with Gasteiger partial charge in [0.2, 0.25) is 10.0 Å². The molecule has 30 heavy (non-hydrogen) atoms. The van der Waals surface area contributed by atoms with E-state index in [9.17, 15) is 13.2 Å². The molecule has 3 aromatic rings. The van der Waals surface area contributed by atoms with Crippen LogP contribution in [-0.2, 0) is 23.5 Å². The number of para-hydroxylation sites is 1. The third kappa shape index (κ3) is 4.79. The molecule has 1 heterocycles. The van der Waals surface area contributed by atoms with Crippen LogP contribution in [0.2, 0.25) is 5.02 Å². The first-order valence-corrected chi connectivity index (χ1v) is 11.8. The summed E-state index contributed by atoms with van der Waals surface area (Å²) in [6, 6.07) is 11.4. The Morgan fingerprint density at radius 3 is 2.43 bits per heavy atom. The van der Waals surface area contributed by atoms with E-state index in [2.05, 4.69) is 4.72 Å². The molecule has 3 rings (SSSR count). The van der Waals surface area contributed by atoms with Gasteiger partial charge in [0.1, 0.15) is 11.4 Å². The molecule has 0 aliphatic carbocycles. The van der Waals surface area contributed by atoms with Crippen LogP contribution in [0.3, 0.4) is 0 Å². The van der Waals surface area contributed by atoms with Gasteiger partial charge < -0.3 is 9.30 Å². The Bertz CT molecular complexity index is 1190. The lowest BCUT2D eigenvalue weighted by molar-refractivity contribution is 0.0973. The van der Waals surface area contributed by atoms with Crippen molar-refractivity contribution in [2.24, 2.45) is 7.05 Å². The molecular formula is C22H25ClN2O4S. The molecule has 0 radical (unpaired) electrons. The van der Waals surface area contributed by atoms with Crippen LogP contribution in [0, 0.1) is 13.8 Å². The van der Waals surface area contributed by atoms with Gasteiger partial charge in [-0.2, -0.15) is 0 Å². The van der Waals surface area contributed by atoms with Crippen molar-refractivity contribution in [1.29, 1.82) is 0 Å². The molecule has 1 N–H and O–H groups in total. The summed E-state index contributed by atoms with van der Waals surface area (Å²) in [6.07, 6.45) is 2.20. The second-order valence-electron chi connectivity index (χ2n) is 7.43. The molecule has 0 fully saturated rings. The van der Waals surface area contributed by atoms with Crippen LogP contribution in [0.5, 0.6) is 5.75 Å². The average Bonchev–Trinajstić information content (AvgIpc) is 2.94. The Balaban J connectivity index is 1.81. The quantitative estimate of drug-likeness (QED) is 0.551. The van der Waals surface area contributed by atoms with Gasteiger partial charge in [-0.25, -0.2) is 13.1 Å². The molecule has 0 atom stereocenters. The number of sulfonamides is 1. The van der Waals surface area contributed by atoms with Crippen molar-refractivity contribution < 1.29 is 17.9 Å². The summed E-state index contributed by atoms with van der Waals surface area (Å²) in [5.41, 5.74) is 3.94. The number of nitrogens with zero attached hydrogens (tertiary/aromatic N) is 1. The van der Waals surface area contributed by atoms with Gasteiger partial charge in [0.15, 0.2) is 0 Å². The lowest BCUT2D eigenvalue weighted by Gasteiger charge is -2.11. The zero-order chi connectivity index (χ0) is 22.1. The van der Waals surface area contributed by atoms with Crippen LogP contribution in [0.4, 0.5) is 0 Å². The molecule has 0 saturated heterocycles. The van der Waals surface area contributed by atoms with Gasteiger partial charge >= 0.3 is 0 Å². The SMILES string of the molecule is Cc1cc(OCCCc2c(C(=O)NS(C)(=O)=O)n(C)c3ccccc23)cc(C)c1Cl. The van der Waals surface area contributed by atoms with E-state index in [4.69, 9.17) is 16.3 Å². The fourth-order valence-electron chi connectivity index (χ4n) is 3.66. The van der Waals surface area contributed by atoms with Gasteiger partial charge in [0.05, 0.1) is 12.9 Å². The molecule has 0 spiro atoms. The number of rotatable bonds is 7. The third-order valence-electron chi connectivity index (χ3n) is 4.95. The summed E-state index contributed by atoms with van der Waals surface area (Å²) in [5, 5.41) is 1.66. The summed E-state index contributed by atoms with van der Waals surface area (Å²) in [6.45, 7) is 4.33. The van der Waals surface area contributed by atoms with Crippen molar-refractivity contribution in [2.75, 3.05) is 12.9 Å². The van der Waals surface area contributed by atoms with Crippen molar-refractivity contribution in [2.45, 2.75) is 26.7 Å². The molecule has 6 nitrogen and oxygen atoms in total. The van der Waals surface area contributed by atoms with E-state index in [0.29, 0.717) is 25.1 Å². The highest BCUT2D eigenvalue weighted by molar-refractivity contribution is 7.89. The number of hydrogen-bond acceptors (Lipinski definition) is 4. The molecule has 1 amide bonds. The van der Waals surface area contributed by atoms with Gasteiger partial charge in [-0.1, -0.05) is 29.8 Å². The van der Waals surface area contributed by atoms with E-state index >= 15 is 0 Å². The summed E-state index contributed by atoms with van der Waals surface area (Å²) in [4.78, 5) is 12.7. The molecule has 160 valence electrons. The van der Waals surface area contributed by atoms with Gasteiger partial charge in [-0.05, 0) is 61.6 Å². The maximum Gasteiger partial charge on any atom is 0.281 e. The minimum Gasteiger partial charge on any atom is -0.494 e. The smallest absolute Gasteiger partial charge is 0.281 e. The number of benzene rings is 2. The largest absolute Gasteiger partial charge is 0.494 e. The summed E-state index contributed by atoms with van der Waals surface area (Å²) >= 11 is 6.20. The second-order valence-corrected chi connectivity index (χ2v) is 9.56. The van der Waals surface area contributed by atoms with Gasteiger partial charge in [0.25, 0.3) is 5.91 Å². The van der Waals surface area contributed by atoms with Gasteiger partial charge in [0, 0.05) is 23.0 Å². The molecule has 8 heteroatoms. The summed E-state index contributed by atoms with van der Waals surface area (Å²) in [7, 11) is -1.90. The molecule has 0 aliphatic rings. The Kier molecular flexibility index (Phi) is 6.43. The van der Waals surface area contributed by atoms with E-state index in [1.807, 2.05) is 50.2 Å². The fraction of sp³-hybridized carbons (Fsp3) is 0.318. The average molecular weight is 449 g/mol. The fourth-order valence-corrected chi connectivity index (χ4v) is 4.20. The number of carbonyl (C=O) groups is 1.